The van der Waals surface area contributed by atoms with Crippen molar-refractivity contribution in [1.29, 1.82) is 0 Å². The zero-order chi connectivity index (χ0) is 43.6. The molecule has 24 nitrogen and oxygen atoms in total. The molecular weight excluding hydrogens is 792 g/mol. The molecule has 3 rings (SSSR count). The number of hydrogen-bond acceptors (Lipinski definition) is 24. The molecule has 15 unspecified atom stereocenters. The van der Waals surface area contributed by atoms with Crippen molar-refractivity contribution in [2.24, 2.45) is 0 Å². The smallest absolute Gasteiger partial charge is 0.303 e. The predicted octanol–water partition coefficient (Wildman–Crippen LogP) is -3.01. The molecular formula is C34H48O24. The van der Waals surface area contributed by atoms with Gasteiger partial charge in [-0.25, -0.2) is 0 Å². The molecule has 0 aliphatic carbocycles. The van der Waals surface area contributed by atoms with E-state index in [1.165, 1.54) is 0 Å². The third kappa shape index (κ3) is 13.2. The number of aliphatic hydroxyl groups is 3. The standard InChI is InChI=1S/C34H48O24/c1-12(36)46-10-21-24(48-14(3)38)27(50-16(5)40)30(52-18(7)42)33(55-21)57-26-23(44)20(9-35)54-32(45)29(26)58-34-31(53-19(8)43)28(51-17(6)41)25(49-15(4)39)22(56-34)11-47-13(2)37/h20-35,44-45H,9-11H2,1-8H3. The number of carbonyl (C=O) groups is 8. The Bertz CT molecular complexity index is 1500. The van der Waals surface area contributed by atoms with E-state index < -0.39 is 160 Å². The van der Waals surface area contributed by atoms with Gasteiger partial charge in [0.15, 0.2) is 55.5 Å². The molecule has 3 N–H and O–H groups in total. The number of aliphatic hydroxyl groups excluding tert-OH is 3. The summed E-state index contributed by atoms with van der Waals surface area (Å²) in [7, 11) is 0. The molecule has 0 saturated carbocycles. The first-order chi connectivity index (χ1) is 27.1. The maximum Gasteiger partial charge on any atom is 0.303 e. The SMILES string of the molecule is CC(=O)OCC1OC(OC2C(O)OC(CO)C(O)C2OC2OC(COC(C)=O)C(OC(C)=O)C(OC(C)=O)C2OC(C)=O)C(OC(C)=O)C(OC(C)=O)C1OC(C)=O. The molecule has 15 atom stereocenters. The fourth-order valence-corrected chi connectivity index (χ4v) is 6.27. The number of rotatable bonds is 15. The molecule has 0 spiro atoms. The molecule has 58 heavy (non-hydrogen) atoms. The van der Waals surface area contributed by atoms with E-state index in [0.29, 0.717) is 0 Å². The fourth-order valence-electron chi connectivity index (χ4n) is 6.27. The van der Waals surface area contributed by atoms with Crippen LogP contribution in [0.2, 0.25) is 0 Å². The van der Waals surface area contributed by atoms with Crippen molar-refractivity contribution in [3.63, 3.8) is 0 Å². The first-order valence-electron chi connectivity index (χ1n) is 17.7. The topological polar surface area (TPSA) is 317 Å². The maximum atomic E-state index is 12.4. The van der Waals surface area contributed by atoms with Crippen LogP contribution >= 0.6 is 0 Å². The number of carbonyl (C=O) groups excluding carboxylic acids is 8. The predicted molar refractivity (Wildman–Crippen MR) is 178 cm³/mol. The van der Waals surface area contributed by atoms with Crippen LogP contribution in [0.25, 0.3) is 0 Å². The van der Waals surface area contributed by atoms with Crippen LogP contribution in [-0.4, -0.2) is 175 Å². The quantitative estimate of drug-likeness (QED) is 0.109. The van der Waals surface area contributed by atoms with E-state index in [1.54, 1.807) is 0 Å². The molecule has 0 aromatic heterocycles. The molecule has 3 aliphatic heterocycles. The Balaban J connectivity index is 2.17. The van der Waals surface area contributed by atoms with E-state index in [-0.39, 0.29) is 0 Å². The highest BCUT2D eigenvalue weighted by molar-refractivity contribution is 5.70. The zero-order valence-electron chi connectivity index (χ0n) is 32.7. The Labute approximate surface area is 330 Å². The van der Waals surface area contributed by atoms with Crippen molar-refractivity contribution >= 4 is 47.8 Å². The van der Waals surface area contributed by atoms with Crippen LogP contribution in [0.5, 0.6) is 0 Å². The molecule has 0 bridgehead atoms. The van der Waals surface area contributed by atoms with Gasteiger partial charge in [-0.3, -0.25) is 38.4 Å². The highest BCUT2D eigenvalue weighted by Crippen LogP contribution is 2.37. The lowest BCUT2D eigenvalue weighted by Gasteiger charge is -2.49. The van der Waals surface area contributed by atoms with Gasteiger partial charge in [0.2, 0.25) is 0 Å². The Morgan fingerprint density at radius 2 is 0.741 bits per heavy atom. The highest BCUT2D eigenvalue weighted by Gasteiger charge is 2.58. The first kappa shape index (κ1) is 47.8. The summed E-state index contributed by atoms with van der Waals surface area (Å²) in [6, 6.07) is 0. The van der Waals surface area contributed by atoms with Gasteiger partial charge < -0.3 is 76.9 Å². The summed E-state index contributed by atoms with van der Waals surface area (Å²) in [6.45, 7) is 5.69. The second-order valence-corrected chi connectivity index (χ2v) is 13.1. The van der Waals surface area contributed by atoms with E-state index in [4.69, 9.17) is 61.6 Å². The first-order valence-corrected chi connectivity index (χ1v) is 17.7. The lowest BCUT2D eigenvalue weighted by atomic mass is 9.95. The summed E-state index contributed by atoms with van der Waals surface area (Å²) < 4.78 is 72.0. The minimum absolute atomic E-state index is 0.665. The Kier molecular flexibility index (Phi) is 17.7. The van der Waals surface area contributed by atoms with Gasteiger partial charge in [0.05, 0.1) is 6.61 Å². The molecule has 0 aromatic carbocycles. The van der Waals surface area contributed by atoms with Crippen LogP contribution < -0.4 is 0 Å². The summed E-state index contributed by atoms with van der Waals surface area (Å²) in [5.74, 6) is -7.45. The van der Waals surface area contributed by atoms with Crippen molar-refractivity contribution < 1.29 is 115 Å². The Morgan fingerprint density at radius 1 is 0.414 bits per heavy atom. The van der Waals surface area contributed by atoms with Crippen LogP contribution in [0.1, 0.15) is 55.4 Å². The van der Waals surface area contributed by atoms with E-state index in [1.807, 2.05) is 0 Å². The van der Waals surface area contributed by atoms with Crippen LogP contribution in [0.3, 0.4) is 0 Å². The van der Waals surface area contributed by atoms with Crippen molar-refractivity contribution in [1.82, 2.24) is 0 Å². The van der Waals surface area contributed by atoms with Gasteiger partial charge in [-0.1, -0.05) is 0 Å². The normalized spacial score (nSPS) is 34.6. The number of hydrogen-bond donors (Lipinski definition) is 3. The summed E-state index contributed by atoms with van der Waals surface area (Å²) in [4.78, 5) is 97.5. The largest absolute Gasteiger partial charge is 0.463 e. The van der Waals surface area contributed by atoms with Crippen molar-refractivity contribution in [2.45, 2.75) is 148 Å². The average molecular weight is 841 g/mol. The molecule has 3 aliphatic rings. The van der Waals surface area contributed by atoms with Crippen LogP contribution in [0.4, 0.5) is 0 Å². The second-order valence-electron chi connectivity index (χ2n) is 13.1. The highest BCUT2D eigenvalue weighted by atomic mass is 16.8. The van der Waals surface area contributed by atoms with E-state index in [9.17, 15) is 53.7 Å². The van der Waals surface area contributed by atoms with Gasteiger partial charge in [-0.15, -0.1) is 0 Å². The molecule has 24 heteroatoms. The monoisotopic (exact) mass is 840 g/mol. The zero-order valence-corrected chi connectivity index (χ0v) is 32.7. The third-order valence-electron chi connectivity index (χ3n) is 8.30. The molecule has 3 saturated heterocycles. The molecule has 0 radical (unpaired) electrons. The summed E-state index contributed by atoms with van der Waals surface area (Å²) in [5.41, 5.74) is 0. The van der Waals surface area contributed by atoms with E-state index in [0.717, 1.165) is 55.4 Å². The molecule has 3 fully saturated rings. The summed E-state index contributed by atoms with van der Waals surface area (Å²) in [5, 5.41) is 32.8. The number of ether oxygens (including phenoxy) is 13. The van der Waals surface area contributed by atoms with Crippen molar-refractivity contribution in [3.8, 4) is 0 Å². The van der Waals surface area contributed by atoms with Gasteiger partial charge in [0.25, 0.3) is 0 Å². The lowest BCUT2D eigenvalue weighted by Crippen LogP contribution is -2.68. The van der Waals surface area contributed by atoms with Crippen LogP contribution in [0, 0.1) is 0 Å². The minimum atomic E-state index is -2.18. The van der Waals surface area contributed by atoms with E-state index in [2.05, 4.69) is 0 Å². The van der Waals surface area contributed by atoms with Gasteiger partial charge >= 0.3 is 47.8 Å². The Morgan fingerprint density at radius 3 is 1.07 bits per heavy atom. The molecule has 0 aromatic rings. The van der Waals surface area contributed by atoms with E-state index >= 15 is 0 Å². The maximum absolute atomic E-state index is 12.4. The minimum Gasteiger partial charge on any atom is -0.463 e. The number of esters is 8. The fraction of sp³-hybridized carbons (Fsp3) is 0.765. The van der Waals surface area contributed by atoms with Crippen LogP contribution in [-0.2, 0) is 99.9 Å². The van der Waals surface area contributed by atoms with Gasteiger partial charge in [-0.2, -0.15) is 0 Å². The second kappa shape index (κ2) is 21.4. The van der Waals surface area contributed by atoms with Crippen molar-refractivity contribution in [3.05, 3.63) is 0 Å². The molecule has 3 heterocycles. The molecule has 328 valence electrons. The molecule has 0 amide bonds. The Hall–Kier alpha value is -4.56. The van der Waals surface area contributed by atoms with Gasteiger partial charge in [-0.05, 0) is 0 Å². The van der Waals surface area contributed by atoms with Crippen LogP contribution in [0.15, 0.2) is 0 Å². The van der Waals surface area contributed by atoms with Gasteiger partial charge in [0, 0.05) is 55.4 Å². The summed E-state index contributed by atoms with van der Waals surface area (Å²) >= 11 is 0. The summed E-state index contributed by atoms with van der Waals surface area (Å²) in [6.07, 6.45) is -27.1. The lowest BCUT2D eigenvalue weighted by molar-refractivity contribution is -0.388. The van der Waals surface area contributed by atoms with Crippen molar-refractivity contribution in [2.75, 3.05) is 19.8 Å². The third-order valence-corrected chi connectivity index (χ3v) is 8.30. The van der Waals surface area contributed by atoms with Gasteiger partial charge in [0.1, 0.15) is 49.8 Å². The average Bonchev–Trinajstić information content (AvgIpc) is 3.09.